The van der Waals surface area contributed by atoms with Crippen LogP contribution in [0.1, 0.15) is 12.5 Å². The average molecular weight is 231 g/mol. The summed E-state index contributed by atoms with van der Waals surface area (Å²) in [6, 6.07) is 4.66. The van der Waals surface area contributed by atoms with Crippen LogP contribution in [0.4, 0.5) is 10.2 Å². The first-order chi connectivity index (χ1) is 8.20. The molecule has 0 aliphatic heterocycles. The van der Waals surface area contributed by atoms with Crippen LogP contribution < -0.4 is 5.32 Å². The lowest BCUT2D eigenvalue weighted by Gasteiger charge is -2.07. The molecule has 0 aliphatic carbocycles. The van der Waals surface area contributed by atoms with Gasteiger partial charge in [0, 0.05) is 12.1 Å². The summed E-state index contributed by atoms with van der Waals surface area (Å²) in [6.07, 6.45) is 3.35. The molecule has 1 N–H and O–H groups in total. The van der Waals surface area contributed by atoms with Gasteiger partial charge < -0.3 is 5.32 Å². The van der Waals surface area contributed by atoms with Crippen LogP contribution >= 0.6 is 0 Å². The van der Waals surface area contributed by atoms with E-state index in [-0.39, 0.29) is 5.82 Å². The number of nitrogens with one attached hydrogen (secondary N) is 1. The van der Waals surface area contributed by atoms with Crippen LogP contribution in [0.2, 0.25) is 0 Å². The van der Waals surface area contributed by atoms with Gasteiger partial charge >= 0.3 is 0 Å². The van der Waals surface area contributed by atoms with E-state index in [9.17, 15) is 4.39 Å². The topological polar surface area (TPSA) is 37.8 Å². The van der Waals surface area contributed by atoms with E-state index < -0.39 is 0 Å². The third-order valence-electron chi connectivity index (χ3n) is 2.46. The number of aryl methyl sites for hydroxylation is 1. The number of benzene rings is 1. The molecular weight excluding hydrogens is 217 g/mol. The molecule has 1 aromatic carbocycles. The van der Waals surface area contributed by atoms with E-state index in [1.54, 1.807) is 18.5 Å². The zero-order valence-corrected chi connectivity index (χ0v) is 9.87. The molecular formula is C13H14FN3. The van der Waals surface area contributed by atoms with Crippen molar-refractivity contribution in [3.8, 4) is 11.3 Å². The lowest BCUT2D eigenvalue weighted by atomic mass is 10.1. The number of rotatable bonds is 3. The zero-order valence-electron chi connectivity index (χ0n) is 9.87. The highest BCUT2D eigenvalue weighted by Crippen LogP contribution is 2.22. The predicted molar refractivity (Wildman–Crippen MR) is 66.3 cm³/mol. The molecule has 1 heterocycles. The third-order valence-corrected chi connectivity index (χ3v) is 2.46. The van der Waals surface area contributed by atoms with Crippen molar-refractivity contribution in [1.29, 1.82) is 0 Å². The van der Waals surface area contributed by atoms with Crippen LogP contribution in [-0.2, 0) is 0 Å². The number of hydrogen-bond donors (Lipinski definition) is 1. The largest absolute Gasteiger partial charge is 0.369 e. The van der Waals surface area contributed by atoms with Crippen molar-refractivity contribution in [2.75, 3.05) is 11.9 Å². The summed E-state index contributed by atoms with van der Waals surface area (Å²) >= 11 is 0. The van der Waals surface area contributed by atoms with E-state index in [4.69, 9.17) is 0 Å². The lowest BCUT2D eigenvalue weighted by Crippen LogP contribution is -2.01. The minimum atomic E-state index is -0.234. The summed E-state index contributed by atoms with van der Waals surface area (Å²) < 4.78 is 13.0. The Morgan fingerprint density at radius 2 is 2.12 bits per heavy atom. The van der Waals surface area contributed by atoms with Crippen molar-refractivity contribution in [3.05, 3.63) is 42.0 Å². The maximum absolute atomic E-state index is 13.0. The number of hydrogen-bond acceptors (Lipinski definition) is 3. The van der Waals surface area contributed by atoms with Crippen molar-refractivity contribution in [2.45, 2.75) is 13.8 Å². The van der Waals surface area contributed by atoms with E-state index in [0.29, 0.717) is 0 Å². The molecule has 0 saturated heterocycles. The SMILES string of the molecule is CCNc1cncc(-c2ccc(F)cc2C)n1. The van der Waals surface area contributed by atoms with Crippen LogP contribution in [0, 0.1) is 12.7 Å². The van der Waals surface area contributed by atoms with E-state index in [0.717, 1.165) is 29.2 Å². The minimum absolute atomic E-state index is 0.234. The van der Waals surface area contributed by atoms with Gasteiger partial charge in [-0.1, -0.05) is 0 Å². The van der Waals surface area contributed by atoms with Crippen molar-refractivity contribution >= 4 is 5.82 Å². The van der Waals surface area contributed by atoms with Gasteiger partial charge in [-0.25, -0.2) is 9.37 Å². The molecule has 2 aromatic rings. The maximum Gasteiger partial charge on any atom is 0.145 e. The van der Waals surface area contributed by atoms with Gasteiger partial charge in [-0.2, -0.15) is 0 Å². The summed E-state index contributed by atoms with van der Waals surface area (Å²) in [5.74, 6) is 0.496. The van der Waals surface area contributed by atoms with Gasteiger partial charge in [0.2, 0.25) is 0 Å². The van der Waals surface area contributed by atoms with Crippen LogP contribution in [0.25, 0.3) is 11.3 Å². The molecule has 0 unspecified atom stereocenters. The monoisotopic (exact) mass is 231 g/mol. The van der Waals surface area contributed by atoms with E-state index in [1.165, 1.54) is 12.1 Å². The Hall–Kier alpha value is -1.97. The first-order valence-electron chi connectivity index (χ1n) is 5.53. The standard InChI is InChI=1S/C13H14FN3/c1-3-16-13-8-15-7-12(17-13)11-5-4-10(14)6-9(11)2/h4-8H,3H2,1-2H3,(H,16,17). The van der Waals surface area contributed by atoms with Crippen LogP contribution in [0.15, 0.2) is 30.6 Å². The van der Waals surface area contributed by atoms with Gasteiger partial charge in [0.15, 0.2) is 0 Å². The number of aromatic nitrogens is 2. The van der Waals surface area contributed by atoms with E-state index in [1.807, 2.05) is 13.8 Å². The normalized spacial score (nSPS) is 10.3. The van der Waals surface area contributed by atoms with Crippen LogP contribution in [0.3, 0.4) is 0 Å². The number of halogens is 1. The fourth-order valence-electron chi connectivity index (χ4n) is 1.68. The van der Waals surface area contributed by atoms with Gasteiger partial charge in [-0.3, -0.25) is 4.98 Å². The molecule has 0 atom stereocenters. The third kappa shape index (κ3) is 2.58. The lowest BCUT2D eigenvalue weighted by molar-refractivity contribution is 0.627. The van der Waals surface area contributed by atoms with Crippen LogP contribution in [-0.4, -0.2) is 16.5 Å². The van der Waals surface area contributed by atoms with Gasteiger partial charge in [-0.15, -0.1) is 0 Å². The summed E-state index contributed by atoms with van der Waals surface area (Å²) in [7, 11) is 0. The summed E-state index contributed by atoms with van der Waals surface area (Å²) in [4.78, 5) is 8.55. The highest BCUT2D eigenvalue weighted by Gasteiger charge is 2.05. The summed E-state index contributed by atoms with van der Waals surface area (Å²) in [5.41, 5.74) is 2.51. The fourth-order valence-corrected chi connectivity index (χ4v) is 1.68. The molecule has 0 spiro atoms. The molecule has 0 saturated carbocycles. The molecule has 88 valence electrons. The smallest absolute Gasteiger partial charge is 0.145 e. The number of anilines is 1. The second-order valence-corrected chi connectivity index (χ2v) is 3.78. The molecule has 1 aromatic heterocycles. The Balaban J connectivity index is 2.42. The Morgan fingerprint density at radius 1 is 1.29 bits per heavy atom. The van der Waals surface area contributed by atoms with Crippen molar-refractivity contribution < 1.29 is 4.39 Å². The molecule has 2 rings (SSSR count). The molecule has 0 radical (unpaired) electrons. The molecule has 0 fully saturated rings. The van der Waals surface area contributed by atoms with Crippen molar-refractivity contribution in [3.63, 3.8) is 0 Å². The Kier molecular flexibility index (Phi) is 3.32. The Morgan fingerprint density at radius 3 is 2.82 bits per heavy atom. The van der Waals surface area contributed by atoms with Gasteiger partial charge in [0.05, 0.1) is 18.1 Å². The first-order valence-corrected chi connectivity index (χ1v) is 5.53. The maximum atomic E-state index is 13.0. The highest BCUT2D eigenvalue weighted by atomic mass is 19.1. The Bertz CT molecular complexity index is 526. The summed E-state index contributed by atoms with van der Waals surface area (Å²) in [5, 5.41) is 3.10. The number of nitrogens with zero attached hydrogens (tertiary/aromatic N) is 2. The quantitative estimate of drug-likeness (QED) is 0.882. The first kappa shape index (κ1) is 11.5. The van der Waals surface area contributed by atoms with Gasteiger partial charge in [0.1, 0.15) is 11.6 Å². The molecule has 3 nitrogen and oxygen atoms in total. The van der Waals surface area contributed by atoms with E-state index >= 15 is 0 Å². The molecule has 0 bridgehead atoms. The Labute approximate surface area is 99.7 Å². The van der Waals surface area contributed by atoms with Crippen molar-refractivity contribution in [2.24, 2.45) is 0 Å². The molecule has 4 heteroatoms. The van der Waals surface area contributed by atoms with Gasteiger partial charge in [0.25, 0.3) is 0 Å². The zero-order chi connectivity index (χ0) is 12.3. The van der Waals surface area contributed by atoms with Crippen molar-refractivity contribution in [1.82, 2.24) is 9.97 Å². The average Bonchev–Trinajstić information content (AvgIpc) is 2.29. The second kappa shape index (κ2) is 4.91. The second-order valence-electron chi connectivity index (χ2n) is 3.78. The fraction of sp³-hybridized carbons (Fsp3) is 0.231. The predicted octanol–water partition coefficient (Wildman–Crippen LogP) is 3.02. The molecule has 0 aliphatic rings. The van der Waals surface area contributed by atoms with Gasteiger partial charge in [-0.05, 0) is 37.6 Å². The highest BCUT2D eigenvalue weighted by molar-refractivity contribution is 5.63. The summed E-state index contributed by atoms with van der Waals surface area (Å²) in [6.45, 7) is 4.65. The van der Waals surface area contributed by atoms with E-state index in [2.05, 4.69) is 15.3 Å². The van der Waals surface area contributed by atoms with Crippen LogP contribution in [0.5, 0.6) is 0 Å². The minimum Gasteiger partial charge on any atom is -0.369 e. The molecule has 17 heavy (non-hydrogen) atoms. The molecule has 0 amide bonds.